The van der Waals surface area contributed by atoms with Crippen LogP contribution in [0, 0.1) is 5.92 Å². The number of likely N-dealkylation sites (tertiary alicyclic amines) is 1. The summed E-state index contributed by atoms with van der Waals surface area (Å²) in [6.45, 7) is 1.29. The van der Waals surface area contributed by atoms with Crippen LogP contribution in [-0.2, 0) is 9.59 Å². The van der Waals surface area contributed by atoms with Crippen LogP contribution in [0.1, 0.15) is 6.42 Å². The number of carbonyl (C=O) groups excluding carboxylic acids is 1. The van der Waals surface area contributed by atoms with E-state index in [9.17, 15) is 9.59 Å². The highest BCUT2D eigenvalue weighted by Crippen LogP contribution is 2.17. The van der Waals surface area contributed by atoms with Crippen molar-refractivity contribution in [2.24, 2.45) is 5.92 Å². The van der Waals surface area contributed by atoms with E-state index in [0.717, 1.165) is 0 Å². The van der Waals surface area contributed by atoms with Crippen LogP contribution in [0.15, 0.2) is 24.3 Å². The molecule has 1 atom stereocenters. The van der Waals surface area contributed by atoms with Crippen LogP contribution >= 0.6 is 24.0 Å². The topological polar surface area (TPSA) is 69.6 Å². The minimum absolute atomic E-state index is 0. The molecule has 0 bridgehead atoms. The molecule has 5 nitrogen and oxygen atoms in total. The van der Waals surface area contributed by atoms with Gasteiger partial charge in [0.15, 0.2) is 0 Å². The highest BCUT2D eigenvalue weighted by atomic mass is 35.5. The van der Waals surface area contributed by atoms with Crippen molar-refractivity contribution in [1.29, 1.82) is 0 Å². The van der Waals surface area contributed by atoms with Crippen molar-refractivity contribution in [3.63, 3.8) is 0 Å². The number of carboxylic acid groups (broad SMARTS) is 1. The summed E-state index contributed by atoms with van der Waals surface area (Å²) in [7, 11) is 0. The molecule has 0 aliphatic carbocycles. The van der Waals surface area contributed by atoms with Gasteiger partial charge in [-0.3, -0.25) is 14.5 Å². The normalized spacial score (nSPS) is 18.4. The van der Waals surface area contributed by atoms with E-state index in [1.165, 1.54) is 0 Å². The van der Waals surface area contributed by atoms with Gasteiger partial charge < -0.3 is 10.4 Å². The van der Waals surface area contributed by atoms with Crippen molar-refractivity contribution in [1.82, 2.24) is 4.90 Å². The third-order valence-corrected chi connectivity index (χ3v) is 3.37. The van der Waals surface area contributed by atoms with E-state index in [4.69, 9.17) is 16.7 Å². The van der Waals surface area contributed by atoms with E-state index in [1.807, 2.05) is 4.90 Å². The summed E-state index contributed by atoms with van der Waals surface area (Å²) in [5.41, 5.74) is 0.684. The second-order valence-corrected chi connectivity index (χ2v) is 5.05. The van der Waals surface area contributed by atoms with Crippen LogP contribution in [-0.4, -0.2) is 41.5 Å². The Morgan fingerprint density at radius 3 is 2.55 bits per heavy atom. The number of carboxylic acids is 1. The molecule has 1 aromatic rings. The Kier molecular flexibility index (Phi) is 6.26. The lowest BCUT2D eigenvalue weighted by Gasteiger charge is -2.14. The molecule has 1 saturated heterocycles. The third kappa shape index (κ3) is 4.67. The van der Waals surface area contributed by atoms with Crippen LogP contribution in [0.3, 0.4) is 0 Å². The standard InChI is InChI=1S/C13H15ClN2O3.ClH/c14-10-1-3-11(4-2-10)15-12(17)8-16-6-5-9(7-16)13(18)19;/h1-4,9H,5-8H2,(H,15,17)(H,18,19);1H. The van der Waals surface area contributed by atoms with Crippen molar-refractivity contribution >= 4 is 41.6 Å². The summed E-state index contributed by atoms with van der Waals surface area (Å²) in [5, 5.41) is 12.3. The Balaban J connectivity index is 0.00000200. The molecular weight excluding hydrogens is 303 g/mol. The summed E-state index contributed by atoms with van der Waals surface area (Å²) in [4.78, 5) is 24.5. The van der Waals surface area contributed by atoms with Gasteiger partial charge in [-0.2, -0.15) is 0 Å². The Labute approximate surface area is 128 Å². The van der Waals surface area contributed by atoms with Crippen LogP contribution < -0.4 is 5.32 Å². The van der Waals surface area contributed by atoms with Gasteiger partial charge >= 0.3 is 5.97 Å². The average molecular weight is 319 g/mol. The summed E-state index contributed by atoms with van der Waals surface area (Å²) in [5.74, 6) is -1.29. The molecule has 7 heteroatoms. The SMILES string of the molecule is Cl.O=C(CN1CCC(C(=O)O)C1)Nc1ccc(Cl)cc1. The van der Waals surface area contributed by atoms with Crippen LogP contribution in [0.25, 0.3) is 0 Å². The van der Waals surface area contributed by atoms with Gasteiger partial charge in [-0.1, -0.05) is 11.6 Å². The van der Waals surface area contributed by atoms with Crippen molar-refractivity contribution in [2.45, 2.75) is 6.42 Å². The number of aliphatic carboxylic acids is 1. The van der Waals surface area contributed by atoms with Crippen molar-refractivity contribution < 1.29 is 14.7 Å². The third-order valence-electron chi connectivity index (χ3n) is 3.12. The molecule has 1 aromatic carbocycles. The first-order chi connectivity index (χ1) is 9.04. The number of carbonyl (C=O) groups is 2. The Morgan fingerprint density at radius 2 is 2.00 bits per heavy atom. The summed E-state index contributed by atoms with van der Waals surface area (Å²) in [6, 6.07) is 6.86. The minimum atomic E-state index is -0.791. The monoisotopic (exact) mass is 318 g/mol. The molecule has 1 aliphatic rings. The molecule has 1 aliphatic heterocycles. The molecule has 0 aromatic heterocycles. The zero-order chi connectivity index (χ0) is 13.8. The Morgan fingerprint density at radius 1 is 1.35 bits per heavy atom. The lowest BCUT2D eigenvalue weighted by Crippen LogP contribution is -2.32. The van der Waals surface area contributed by atoms with E-state index >= 15 is 0 Å². The molecule has 0 radical (unpaired) electrons. The minimum Gasteiger partial charge on any atom is -0.481 e. The molecule has 1 fully saturated rings. The van der Waals surface area contributed by atoms with Gasteiger partial charge in [0.2, 0.25) is 5.91 Å². The molecule has 0 spiro atoms. The summed E-state index contributed by atoms with van der Waals surface area (Å²) >= 11 is 5.75. The lowest BCUT2D eigenvalue weighted by atomic mass is 10.1. The number of hydrogen-bond donors (Lipinski definition) is 2. The molecule has 0 saturated carbocycles. The second-order valence-electron chi connectivity index (χ2n) is 4.61. The fraction of sp³-hybridized carbons (Fsp3) is 0.385. The molecular formula is C13H16Cl2N2O3. The molecule has 2 N–H and O–H groups in total. The van der Waals surface area contributed by atoms with E-state index in [2.05, 4.69) is 5.32 Å². The van der Waals surface area contributed by atoms with Gasteiger partial charge in [0.25, 0.3) is 0 Å². The number of halogens is 2. The molecule has 1 heterocycles. The number of rotatable bonds is 4. The highest BCUT2D eigenvalue weighted by molar-refractivity contribution is 6.30. The smallest absolute Gasteiger partial charge is 0.307 e. The number of nitrogens with zero attached hydrogens (tertiary/aromatic N) is 1. The van der Waals surface area contributed by atoms with E-state index < -0.39 is 5.97 Å². The van der Waals surface area contributed by atoms with Gasteiger partial charge in [0.1, 0.15) is 0 Å². The van der Waals surface area contributed by atoms with Crippen molar-refractivity contribution in [3.05, 3.63) is 29.3 Å². The largest absolute Gasteiger partial charge is 0.481 e. The number of amides is 1. The van der Waals surface area contributed by atoms with Crippen molar-refractivity contribution in [2.75, 3.05) is 25.0 Å². The van der Waals surface area contributed by atoms with Gasteiger partial charge in [0.05, 0.1) is 12.5 Å². The van der Waals surface area contributed by atoms with Gasteiger partial charge in [0, 0.05) is 17.3 Å². The van der Waals surface area contributed by atoms with E-state index in [0.29, 0.717) is 30.2 Å². The summed E-state index contributed by atoms with van der Waals surface area (Å²) in [6.07, 6.45) is 0.601. The maximum atomic E-state index is 11.8. The van der Waals surface area contributed by atoms with Gasteiger partial charge in [-0.15, -0.1) is 12.4 Å². The molecule has 20 heavy (non-hydrogen) atoms. The van der Waals surface area contributed by atoms with Crippen molar-refractivity contribution in [3.8, 4) is 0 Å². The highest BCUT2D eigenvalue weighted by Gasteiger charge is 2.28. The van der Waals surface area contributed by atoms with Crippen LogP contribution in [0.2, 0.25) is 5.02 Å². The Bertz CT molecular complexity index is 479. The van der Waals surface area contributed by atoms with Gasteiger partial charge in [-0.25, -0.2) is 0 Å². The van der Waals surface area contributed by atoms with E-state index in [1.54, 1.807) is 24.3 Å². The second kappa shape index (κ2) is 7.47. The van der Waals surface area contributed by atoms with Gasteiger partial charge in [-0.05, 0) is 37.2 Å². The summed E-state index contributed by atoms with van der Waals surface area (Å²) < 4.78 is 0. The predicted molar refractivity (Wildman–Crippen MR) is 79.5 cm³/mol. The van der Waals surface area contributed by atoms with E-state index in [-0.39, 0.29) is 30.8 Å². The number of anilines is 1. The fourth-order valence-electron chi connectivity index (χ4n) is 2.11. The predicted octanol–water partition coefficient (Wildman–Crippen LogP) is 2.11. The number of nitrogens with one attached hydrogen (secondary N) is 1. The number of hydrogen-bond acceptors (Lipinski definition) is 3. The first-order valence-corrected chi connectivity index (χ1v) is 6.43. The van der Waals surface area contributed by atoms with Crippen LogP contribution in [0.4, 0.5) is 5.69 Å². The molecule has 1 unspecified atom stereocenters. The molecule has 1 amide bonds. The number of benzene rings is 1. The first-order valence-electron chi connectivity index (χ1n) is 6.05. The van der Waals surface area contributed by atoms with Crippen LogP contribution in [0.5, 0.6) is 0 Å². The zero-order valence-electron chi connectivity index (χ0n) is 10.7. The fourth-order valence-corrected chi connectivity index (χ4v) is 2.24. The maximum Gasteiger partial charge on any atom is 0.307 e. The maximum absolute atomic E-state index is 11.8. The zero-order valence-corrected chi connectivity index (χ0v) is 12.3. The first kappa shape index (κ1) is 16.8. The average Bonchev–Trinajstić information content (AvgIpc) is 2.80. The quantitative estimate of drug-likeness (QED) is 0.892. The lowest BCUT2D eigenvalue weighted by molar-refractivity contribution is -0.141. The molecule has 2 rings (SSSR count). The Hall–Kier alpha value is -1.30. The molecule has 110 valence electrons.